The van der Waals surface area contributed by atoms with Crippen molar-refractivity contribution in [1.29, 1.82) is 0 Å². The summed E-state index contributed by atoms with van der Waals surface area (Å²) in [5.74, 6) is -0.544. The summed E-state index contributed by atoms with van der Waals surface area (Å²) in [4.78, 5) is 30.3. The van der Waals surface area contributed by atoms with Crippen LogP contribution in [0.5, 0.6) is 0 Å². The average molecular weight is 362 g/mol. The number of aromatic nitrogens is 1. The number of aryl methyl sites for hydroxylation is 1. The number of carbonyl (C=O) groups excluding carboxylic acids is 2. The van der Waals surface area contributed by atoms with Crippen molar-refractivity contribution >= 4 is 33.4 Å². The Bertz CT molecular complexity index is 717. The van der Waals surface area contributed by atoms with Crippen molar-refractivity contribution in [3.05, 3.63) is 29.3 Å². The molecule has 1 aromatic carbocycles. The first kappa shape index (κ1) is 17.8. The van der Waals surface area contributed by atoms with Crippen LogP contribution < -0.4 is 0 Å². The van der Waals surface area contributed by atoms with Crippen LogP contribution in [0.4, 0.5) is 0 Å². The maximum atomic E-state index is 12.2. The molecule has 0 aliphatic carbocycles. The molecular formula is C18H22N2O4S. The van der Waals surface area contributed by atoms with Gasteiger partial charge in [-0.3, -0.25) is 9.59 Å². The molecule has 1 amide bonds. The number of fused-ring (bicyclic) bond motifs is 1. The molecule has 7 heteroatoms. The van der Waals surface area contributed by atoms with Crippen molar-refractivity contribution < 1.29 is 19.1 Å². The molecule has 2 aromatic rings. The highest BCUT2D eigenvalue weighted by atomic mass is 32.1. The van der Waals surface area contributed by atoms with Gasteiger partial charge in [0.05, 0.1) is 33.9 Å². The third-order valence-electron chi connectivity index (χ3n) is 4.01. The second kappa shape index (κ2) is 7.93. The summed E-state index contributed by atoms with van der Waals surface area (Å²) < 4.78 is 11.8. The molecule has 134 valence electrons. The Kier molecular flexibility index (Phi) is 5.65. The van der Waals surface area contributed by atoms with E-state index in [1.807, 2.05) is 38.1 Å². The smallest absolute Gasteiger partial charge is 0.306 e. The molecule has 0 bridgehead atoms. The number of benzene rings is 1. The zero-order valence-electron chi connectivity index (χ0n) is 14.4. The number of esters is 1. The Labute approximate surface area is 150 Å². The van der Waals surface area contributed by atoms with Gasteiger partial charge in [0, 0.05) is 19.5 Å². The zero-order chi connectivity index (χ0) is 17.8. The Morgan fingerprint density at radius 3 is 2.72 bits per heavy atom. The third kappa shape index (κ3) is 4.76. The molecular weight excluding hydrogens is 340 g/mol. The van der Waals surface area contributed by atoms with Crippen molar-refractivity contribution in [2.45, 2.75) is 38.9 Å². The fraction of sp³-hybridized carbons (Fsp3) is 0.500. The number of rotatable bonds is 5. The van der Waals surface area contributed by atoms with Crippen LogP contribution in [-0.4, -0.2) is 53.7 Å². The Balaban J connectivity index is 1.44. The molecule has 0 saturated carbocycles. The Morgan fingerprint density at radius 1 is 1.28 bits per heavy atom. The van der Waals surface area contributed by atoms with Crippen molar-refractivity contribution in [3.8, 4) is 0 Å². The Morgan fingerprint density at radius 2 is 2.00 bits per heavy atom. The molecule has 0 N–H and O–H groups in total. The minimum atomic E-state index is -0.373. The summed E-state index contributed by atoms with van der Waals surface area (Å²) in [5, 5.41) is 0.903. The van der Waals surface area contributed by atoms with Crippen molar-refractivity contribution in [2.24, 2.45) is 0 Å². The lowest BCUT2D eigenvalue weighted by molar-refractivity contribution is -0.157. The quantitative estimate of drug-likeness (QED) is 0.764. The highest BCUT2D eigenvalue weighted by Gasteiger charge is 2.26. The molecule has 3 rings (SSSR count). The van der Waals surface area contributed by atoms with Crippen molar-refractivity contribution in [3.63, 3.8) is 0 Å². The monoisotopic (exact) mass is 362 g/mol. The summed E-state index contributed by atoms with van der Waals surface area (Å²) in [5.41, 5.74) is 0.946. The van der Waals surface area contributed by atoms with Gasteiger partial charge in [0.1, 0.15) is 0 Å². The summed E-state index contributed by atoms with van der Waals surface area (Å²) >= 11 is 1.58. The van der Waals surface area contributed by atoms with E-state index in [-0.39, 0.29) is 37.1 Å². The number of para-hydroxylation sites is 1. The van der Waals surface area contributed by atoms with E-state index in [0.29, 0.717) is 19.5 Å². The average Bonchev–Trinajstić information content (AvgIpc) is 3.00. The molecule has 1 saturated heterocycles. The van der Waals surface area contributed by atoms with Crippen LogP contribution in [0.25, 0.3) is 10.2 Å². The van der Waals surface area contributed by atoms with Crippen LogP contribution in [0.3, 0.4) is 0 Å². The molecule has 1 aliphatic heterocycles. The SMILES string of the molecule is C[C@@H]1CN(C(=O)COC(=O)CCc2nc3ccccc3s2)C[C@H](C)O1. The number of morpholine rings is 1. The summed E-state index contributed by atoms with van der Waals surface area (Å²) in [6.07, 6.45) is 0.756. The van der Waals surface area contributed by atoms with Crippen LogP contribution in [0.15, 0.2) is 24.3 Å². The molecule has 1 aliphatic rings. The summed E-state index contributed by atoms with van der Waals surface area (Å²) in [6.45, 7) is 4.72. The lowest BCUT2D eigenvalue weighted by Crippen LogP contribution is -2.49. The fourth-order valence-corrected chi connectivity index (χ4v) is 3.89. The maximum Gasteiger partial charge on any atom is 0.306 e. The van der Waals surface area contributed by atoms with E-state index < -0.39 is 0 Å². The first-order valence-corrected chi connectivity index (χ1v) is 9.26. The zero-order valence-corrected chi connectivity index (χ0v) is 15.3. The number of ether oxygens (including phenoxy) is 2. The Hall–Kier alpha value is -1.99. The van der Waals surface area contributed by atoms with Gasteiger partial charge in [-0.1, -0.05) is 12.1 Å². The normalized spacial score (nSPS) is 20.6. The van der Waals surface area contributed by atoms with Crippen LogP contribution >= 0.6 is 11.3 Å². The number of carbonyl (C=O) groups is 2. The van der Waals surface area contributed by atoms with Crippen LogP contribution in [0.2, 0.25) is 0 Å². The van der Waals surface area contributed by atoms with Gasteiger partial charge in [0.2, 0.25) is 0 Å². The van der Waals surface area contributed by atoms with E-state index in [4.69, 9.17) is 9.47 Å². The van der Waals surface area contributed by atoms with Gasteiger partial charge in [-0.15, -0.1) is 11.3 Å². The second-order valence-corrected chi connectivity index (χ2v) is 7.41. The van der Waals surface area contributed by atoms with Crippen LogP contribution in [0.1, 0.15) is 25.3 Å². The van der Waals surface area contributed by atoms with E-state index in [2.05, 4.69) is 4.98 Å². The molecule has 0 radical (unpaired) electrons. The number of thiazole rings is 1. The van der Waals surface area contributed by atoms with E-state index in [1.54, 1.807) is 16.2 Å². The summed E-state index contributed by atoms with van der Waals surface area (Å²) in [7, 11) is 0. The standard InChI is InChI=1S/C18H22N2O4S/c1-12-9-20(10-13(2)24-12)17(21)11-23-18(22)8-7-16-19-14-5-3-4-6-15(14)25-16/h3-6,12-13H,7-11H2,1-2H3/t12-,13+. The maximum absolute atomic E-state index is 12.2. The van der Waals surface area contributed by atoms with Gasteiger partial charge in [0.25, 0.3) is 5.91 Å². The van der Waals surface area contributed by atoms with Gasteiger partial charge in [-0.05, 0) is 26.0 Å². The van der Waals surface area contributed by atoms with Gasteiger partial charge < -0.3 is 14.4 Å². The van der Waals surface area contributed by atoms with E-state index >= 15 is 0 Å². The number of amides is 1. The van der Waals surface area contributed by atoms with E-state index in [9.17, 15) is 9.59 Å². The molecule has 25 heavy (non-hydrogen) atoms. The molecule has 2 heterocycles. The van der Waals surface area contributed by atoms with Gasteiger partial charge in [0.15, 0.2) is 6.61 Å². The highest BCUT2D eigenvalue weighted by molar-refractivity contribution is 7.18. The lowest BCUT2D eigenvalue weighted by Gasteiger charge is -2.35. The molecule has 1 fully saturated rings. The number of hydrogen-bond acceptors (Lipinski definition) is 6. The van der Waals surface area contributed by atoms with E-state index in [1.165, 1.54) is 0 Å². The minimum Gasteiger partial charge on any atom is -0.456 e. The topological polar surface area (TPSA) is 68.7 Å². The summed E-state index contributed by atoms with van der Waals surface area (Å²) in [6, 6.07) is 7.88. The first-order chi connectivity index (χ1) is 12.0. The largest absolute Gasteiger partial charge is 0.456 e. The van der Waals surface area contributed by atoms with Crippen LogP contribution in [0, 0.1) is 0 Å². The highest BCUT2D eigenvalue weighted by Crippen LogP contribution is 2.22. The van der Waals surface area contributed by atoms with Gasteiger partial charge in [-0.2, -0.15) is 0 Å². The first-order valence-electron chi connectivity index (χ1n) is 8.44. The molecule has 6 nitrogen and oxygen atoms in total. The third-order valence-corrected chi connectivity index (χ3v) is 5.11. The fourth-order valence-electron chi connectivity index (χ4n) is 2.92. The predicted molar refractivity (Wildman–Crippen MR) is 95.5 cm³/mol. The van der Waals surface area contributed by atoms with Crippen LogP contribution in [-0.2, 0) is 25.5 Å². The molecule has 0 unspecified atom stereocenters. The lowest BCUT2D eigenvalue weighted by atomic mass is 10.2. The predicted octanol–water partition coefficient (Wildman–Crippen LogP) is 2.41. The van der Waals surface area contributed by atoms with Crippen molar-refractivity contribution in [2.75, 3.05) is 19.7 Å². The van der Waals surface area contributed by atoms with E-state index in [0.717, 1.165) is 15.2 Å². The second-order valence-electron chi connectivity index (χ2n) is 6.29. The minimum absolute atomic E-state index is 0.00226. The van der Waals surface area contributed by atoms with Gasteiger partial charge >= 0.3 is 5.97 Å². The number of nitrogens with zero attached hydrogens (tertiary/aromatic N) is 2. The van der Waals surface area contributed by atoms with Crippen molar-refractivity contribution in [1.82, 2.24) is 9.88 Å². The molecule has 0 spiro atoms. The number of hydrogen-bond donors (Lipinski definition) is 0. The van der Waals surface area contributed by atoms with Gasteiger partial charge in [-0.25, -0.2) is 4.98 Å². The molecule has 1 aromatic heterocycles. The molecule has 2 atom stereocenters.